The fraction of sp³-hybridized carbons (Fsp3) is 0.263. The maximum Gasteiger partial charge on any atom is 0.241 e. The van der Waals surface area contributed by atoms with Gasteiger partial charge >= 0.3 is 0 Å². The van der Waals surface area contributed by atoms with Gasteiger partial charge < -0.3 is 11.1 Å². The minimum atomic E-state index is -0.627. The van der Waals surface area contributed by atoms with Crippen molar-refractivity contribution in [1.82, 2.24) is 10.3 Å². The second kappa shape index (κ2) is 7.91. The SMILES string of the molecule is Cc1ccc(C(N)C(=O)NCCc2ccc(-c3csc(C)n3)s2)cc1. The van der Waals surface area contributed by atoms with Crippen LogP contribution in [0.5, 0.6) is 0 Å². The van der Waals surface area contributed by atoms with Crippen molar-refractivity contribution in [3.05, 3.63) is 62.8 Å². The van der Waals surface area contributed by atoms with Crippen LogP contribution < -0.4 is 11.1 Å². The van der Waals surface area contributed by atoms with Gasteiger partial charge in [-0.25, -0.2) is 4.98 Å². The number of hydrogen-bond acceptors (Lipinski definition) is 5. The highest BCUT2D eigenvalue weighted by atomic mass is 32.1. The number of hydrogen-bond donors (Lipinski definition) is 2. The van der Waals surface area contributed by atoms with Crippen LogP contribution in [0.3, 0.4) is 0 Å². The molecule has 0 aliphatic heterocycles. The van der Waals surface area contributed by atoms with Crippen molar-refractivity contribution >= 4 is 28.6 Å². The van der Waals surface area contributed by atoms with E-state index in [1.807, 2.05) is 38.1 Å². The number of nitrogens with zero attached hydrogens (tertiary/aromatic N) is 1. The van der Waals surface area contributed by atoms with Gasteiger partial charge in [0, 0.05) is 16.8 Å². The average molecular weight is 372 g/mol. The molecule has 1 atom stereocenters. The molecular weight excluding hydrogens is 350 g/mol. The molecule has 0 aliphatic rings. The van der Waals surface area contributed by atoms with Crippen molar-refractivity contribution < 1.29 is 4.79 Å². The molecule has 25 heavy (non-hydrogen) atoms. The molecule has 3 aromatic rings. The average Bonchev–Trinajstić information content (AvgIpc) is 3.23. The Hall–Kier alpha value is -2.02. The first-order valence-corrected chi connectivity index (χ1v) is 9.83. The largest absolute Gasteiger partial charge is 0.354 e. The zero-order valence-electron chi connectivity index (χ0n) is 14.3. The molecule has 2 aromatic heterocycles. The third-order valence-electron chi connectivity index (χ3n) is 3.92. The van der Waals surface area contributed by atoms with Gasteiger partial charge in [0.15, 0.2) is 0 Å². The van der Waals surface area contributed by atoms with E-state index >= 15 is 0 Å². The van der Waals surface area contributed by atoms with Gasteiger partial charge in [0.2, 0.25) is 5.91 Å². The Morgan fingerprint density at radius 2 is 1.96 bits per heavy atom. The molecule has 1 amide bonds. The third-order valence-corrected chi connectivity index (χ3v) is 5.86. The van der Waals surface area contributed by atoms with Gasteiger partial charge in [0.05, 0.1) is 15.6 Å². The number of carbonyl (C=O) groups is 1. The van der Waals surface area contributed by atoms with E-state index in [0.717, 1.165) is 28.2 Å². The molecule has 3 rings (SSSR count). The van der Waals surface area contributed by atoms with E-state index in [1.165, 1.54) is 9.75 Å². The molecule has 3 N–H and O–H groups in total. The first-order valence-electron chi connectivity index (χ1n) is 8.14. The van der Waals surface area contributed by atoms with Gasteiger partial charge in [-0.1, -0.05) is 29.8 Å². The van der Waals surface area contributed by atoms with E-state index in [9.17, 15) is 4.79 Å². The van der Waals surface area contributed by atoms with E-state index in [4.69, 9.17) is 5.73 Å². The van der Waals surface area contributed by atoms with Crippen LogP contribution in [0, 0.1) is 13.8 Å². The van der Waals surface area contributed by atoms with Crippen LogP contribution in [0.1, 0.15) is 27.1 Å². The highest BCUT2D eigenvalue weighted by Crippen LogP contribution is 2.29. The summed E-state index contributed by atoms with van der Waals surface area (Å²) in [7, 11) is 0. The van der Waals surface area contributed by atoms with Gasteiger partial charge in [0.1, 0.15) is 6.04 Å². The van der Waals surface area contributed by atoms with Crippen LogP contribution in [-0.4, -0.2) is 17.4 Å². The summed E-state index contributed by atoms with van der Waals surface area (Å²) in [6.45, 7) is 4.60. The summed E-state index contributed by atoms with van der Waals surface area (Å²) >= 11 is 3.38. The first kappa shape index (κ1) is 17.8. The molecule has 0 saturated carbocycles. The molecular formula is C19H21N3OS2. The third kappa shape index (κ3) is 4.54. The molecule has 1 unspecified atom stereocenters. The quantitative estimate of drug-likeness (QED) is 0.692. The minimum absolute atomic E-state index is 0.143. The Labute approximate surface area is 155 Å². The lowest BCUT2D eigenvalue weighted by Crippen LogP contribution is -2.35. The number of nitrogens with one attached hydrogen (secondary N) is 1. The van der Waals surface area contributed by atoms with Crippen LogP contribution in [0.25, 0.3) is 10.6 Å². The summed E-state index contributed by atoms with van der Waals surface area (Å²) in [5.41, 5.74) is 9.05. The van der Waals surface area contributed by atoms with Crippen LogP contribution in [-0.2, 0) is 11.2 Å². The maximum absolute atomic E-state index is 12.2. The second-order valence-electron chi connectivity index (χ2n) is 5.95. The fourth-order valence-electron chi connectivity index (χ4n) is 2.47. The lowest BCUT2D eigenvalue weighted by Gasteiger charge is -2.12. The molecule has 1 aromatic carbocycles. The van der Waals surface area contributed by atoms with Gasteiger partial charge in [-0.05, 0) is 38.0 Å². The Bertz CT molecular complexity index is 852. The topological polar surface area (TPSA) is 68.0 Å². The first-order chi connectivity index (χ1) is 12.0. The molecule has 2 heterocycles. The molecule has 4 nitrogen and oxygen atoms in total. The summed E-state index contributed by atoms with van der Waals surface area (Å²) in [5.74, 6) is -0.143. The molecule has 130 valence electrons. The van der Waals surface area contributed by atoms with Crippen LogP contribution >= 0.6 is 22.7 Å². The number of thiazole rings is 1. The van der Waals surface area contributed by atoms with Gasteiger partial charge in [0.25, 0.3) is 0 Å². The monoisotopic (exact) mass is 371 g/mol. The Balaban J connectivity index is 1.51. The Kier molecular flexibility index (Phi) is 5.63. The number of benzene rings is 1. The van der Waals surface area contributed by atoms with Gasteiger partial charge in [-0.3, -0.25) is 4.79 Å². The smallest absolute Gasteiger partial charge is 0.241 e. The molecule has 0 aliphatic carbocycles. The van der Waals surface area contributed by atoms with E-state index in [1.54, 1.807) is 22.7 Å². The zero-order valence-corrected chi connectivity index (χ0v) is 15.9. The second-order valence-corrected chi connectivity index (χ2v) is 8.18. The van der Waals surface area contributed by atoms with Crippen LogP contribution in [0.2, 0.25) is 0 Å². The number of carbonyl (C=O) groups excluding carboxylic acids is 1. The molecule has 0 fully saturated rings. The predicted molar refractivity (Wildman–Crippen MR) is 105 cm³/mol. The lowest BCUT2D eigenvalue weighted by molar-refractivity contribution is -0.122. The highest BCUT2D eigenvalue weighted by molar-refractivity contribution is 7.16. The number of aryl methyl sites for hydroxylation is 2. The number of rotatable bonds is 6. The number of thiophene rings is 1. The van der Waals surface area contributed by atoms with Crippen molar-refractivity contribution in [2.24, 2.45) is 5.73 Å². The summed E-state index contributed by atoms with van der Waals surface area (Å²) in [4.78, 5) is 19.1. The molecule has 0 spiro atoms. The molecule has 6 heteroatoms. The highest BCUT2D eigenvalue weighted by Gasteiger charge is 2.15. The maximum atomic E-state index is 12.2. The van der Waals surface area contributed by atoms with E-state index in [0.29, 0.717) is 6.54 Å². The standard InChI is InChI=1S/C19H21N3OS2/c1-12-3-5-14(6-4-12)18(20)19(23)21-10-9-15-7-8-17(25-15)16-11-24-13(2)22-16/h3-8,11,18H,9-10,20H2,1-2H3,(H,21,23). The fourth-order valence-corrected chi connectivity index (χ4v) is 4.13. The molecule has 0 radical (unpaired) electrons. The minimum Gasteiger partial charge on any atom is -0.354 e. The summed E-state index contributed by atoms with van der Waals surface area (Å²) in [6, 6.07) is 11.3. The van der Waals surface area contributed by atoms with Crippen LogP contribution in [0.4, 0.5) is 0 Å². The van der Waals surface area contributed by atoms with E-state index < -0.39 is 6.04 Å². The summed E-state index contributed by atoms with van der Waals surface area (Å²) < 4.78 is 0. The van der Waals surface area contributed by atoms with Crippen LogP contribution in [0.15, 0.2) is 41.8 Å². The number of aromatic nitrogens is 1. The van der Waals surface area contributed by atoms with Gasteiger partial charge in [-0.15, -0.1) is 22.7 Å². The van der Waals surface area contributed by atoms with Crippen molar-refractivity contribution in [1.29, 1.82) is 0 Å². The van der Waals surface area contributed by atoms with E-state index in [2.05, 4.69) is 27.8 Å². The van der Waals surface area contributed by atoms with Crippen molar-refractivity contribution in [3.63, 3.8) is 0 Å². The molecule has 0 saturated heterocycles. The van der Waals surface area contributed by atoms with Crippen molar-refractivity contribution in [2.75, 3.05) is 6.54 Å². The van der Waals surface area contributed by atoms with Gasteiger partial charge in [-0.2, -0.15) is 0 Å². The number of amides is 1. The molecule has 0 bridgehead atoms. The summed E-state index contributed by atoms with van der Waals surface area (Å²) in [5, 5.41) is 6.07. The van der Waals surface area contributed by atoms with E-state index in [-0.39, 0.29) is 5.91 Å². The van der Waals surface area contributed by atoms with Crippen molar-refractivity contribution in [2.45, 2.75) is 26.3 Å². The Morgan fingerprint density at radius 3 is 2.64 bits per heavy atom. The Morgan fingerprint density at radius 1 is 1.20 bits per heavy atom. The lowest BCUT2D eigenvalue weighted by atomic mass is 10.1. The predicted octanol–water partition coefficient (Wildman–Crippen LogP) is 3.85. The normalized spacial score (nSPS) is 12.1. The number of nitrogens with two attached hydrogens (primary N) is 1. The van der Waals surface area contributed by atoms with Crippen molar-refractivity contribution in [3.8, 4) is 10.6 Å². The summed E-state index contributed by atoms with van der Waals surface area (Å²) in [6.07, 6.45) is 0.792. The zero-order chi connectivity index (χ0) is 17.8.